The lowest BCUT2D eigenvalue weighted by Gasteiger charge is -2.11. The fourth-order valence-corrected chi connectivity index (χ4v) is 2.56. The third-order valence-corrected chi connectivity index (χ3v) is 3.51. The average Bonchev–Trinajstić information content (AvgIpc) is 2.77. The summed E-state index contributed by atoms with van der Waals surface area (Å²) < 4.78 is 7.75. The fraction of sp³-hybridized carbons (Fsp3) is 0.438. The Balaban J connectivity index is 2.06. The Morgan fingerprint density at radius 3 is 2.76 bits per heavy atom. The van der Waals surface area contributed by atoms with Crippen molar-refractivity contribution in [1.82, 2.24) is 9.78 Å². The molecule has 0 aliphatic carbocycles. The second-order valence-electron chi connectivity index (χ2n) is 5.33. The Morgan fingerprint density at radius 2 is 2.14 bits per heavy atom. The maximum absolute atomic E-state index is 6.27. The second kappa shape index (κ2) is 6.96. The molecule has 1 aromatic heterocycles. The SMILES string of the molecule is CCn1nc(C)cc1COc1ccc(CC(C)N)cc1Cl. The van der Waals surface area contributed by atoms with E-state index in [9.17, 15) is 0 Å². The zero-order valence-electron chi connectivity index (χ0n) is 12.8. The molecule has 1 atom stereocenters. The number of halogens is 1. The van der Waals surface area contributed by atoms with Gasteiger partial charge in [-0.2, -0.15) is 5.10 Å². The van der Waals surface area contributed by atoms with E-state index in [1.807, 2.05) is 42.8 Å². The third kappa shape index (κ3) is 4.22. The monoisotopic (exact) mass is 307 g/mol. The van der Waals surface area contributed by atoms with Crippen molar-refractivity contribution >= 4 is 11.6 Å². The summed E-state index contributed by atoms with van der Waals surface area (Å²) in [7, 11) is 0. The van der Waals surface area contributed by atoms with Gasteiger partial charge in [-0.1, -0.05) is 17.7 Å². The molecule has 1 heterocycles. The molecule has 0 fully saturated rings. The van der Waals surface area contributed by atoms with E-state index in [0.29, 0.717) is 17.4 Å². The minimum atomic E-state index is 0.120. The number of nitrogens with two attached hydrogens (primary N) is 1. The van der Waals surface area contributed by atoms with E-state index in [1.54, 1.807) is 0 Å². The number of rotatable bonds is 6. The van der Waals surface area contributed by atoms with Crippen molar-refractivity contribution in [2.45, 2.75) is 46.4 Å². The van der Waals surface area contributed by atoms with Crippen LogP contribution in [-0.4, -0.2) is 15.8 Å². The standard InChI is InChI=1S/C16H22ClN3O/c1-4-20-14(8-12(3)19-20)10-21-16-6-5-13(7-11(2)18)9-15(16)17/h5-6,8-9,11H,4,7,10,18H2,1-3H3. The van der Waals surface area contributed by atoms with Gasteiger partial charge in [-0.25, -0.2) is 0 Å². The van der Waals surface area contributed by atoms with Gasteiger partial charge in [0.15, 0.2) is 0 Å². The lowest BCUT2D eigenvalue weighted by Crippen LogP contribution is -2.17. The predicted molar refractivity (Wildman–Crippen MR) is 85.8 cm³/mol. The van der Waals surface area contributed by atoms with Gasteiger partial charge in [0.2, 0.25) is 0 Å². The molecule has 1 aromatic carbocycles. The van der Waals surface area contributed by atoms with Crippen LogP contribution in [0.5, 0.6) is 5.75 Å². The fourth-order valence-electron chi connectivity index (χ4n) is 2.30. The van der Waals surface area contributed by atoms with Gasteiger partial charge in [0.05, 0.1) is 16.4 Å². The highest BCUT2D eigenvalue weighted by atomic mass is 35.5. The molecule has 0 amide bonds. The summed E-state index contributed by atoms with van der Waals surface area (Å²) in [6, 6.07) is 7.98. The molecule has 0 saturated heterocycles. The van der Waals surface area contributed by atoms with Gasteiger partial charge in [-0.3, -0.25) is 4.68 Å². The zero-order valence-corrected chi connectivity index (χ0v) is 13.5. The van der Waals surface area contributed by atoms with E-state index in [2.05, 4.69) is 12.0 Å². The first-order valence-corrected chi connectivity index (χ1v) is 7.57. The molecule has 2 rings (SSSR count). The number of aromatic nitrogens is 2. The van der Waals surface area contributed by atoms with Gasteiger partial charge in [0.25, 0.3) is 0 Å². The van der Waals surface area contributed by atoms with Gasteiger partial charge in [-0.15, -0.1) is 0 Å². The first kappa shape index (κ1) is 15.9. The lowest BCUT2D eigenvalue weighted by atomic mass is 10.1. The van der Waals surface area contributed by atoms with Crippen molar-refractivity contribution < 1.29 is 4.74 Å². The molecule has 114 valence electrons. The highest BCUT2D eigenvalue weighted by Gasteiger charge is 2.08. The quantitative estimate of drug-likeness (QED) is 0.890. The minimum absolute atomic E-state index is 0.120. The van der Waals surface area contributed by atoms with Crippen LogP contribution in [0.4, 0.5) is 0 Å². The van der Waals surface area contributed by atoms with E-state index < -0.39 is 0 Å². The third-order valence-electron chi connectivity index (χ3n) is 3.21. The maximum atomic E-state index is 6.27. The molecule has 0 aliphatic rings. The van der Waals surface area contributed by atoms with Gasteiger partial charge in [0, 0.05) is 12.6 Å². The minimum Gasteiger partial charge on any atom is -0.486 e. The first-order valence-electron chi connectivity index (χ1n) is 7.19. The number of hydrogen-bond acceptors (Lipinski definition) is 3. The van der Waals surface area contributed by atoms with Crippen LogP contribution < -0.4 is 10.5 Å². The summed E-state index contributed by atoms with van der Waals surface area (Å²) in [5.74, 6) is 0.687. The molecule has 2 aromatic rings. The van der Waals surface area contributed by atoms with Crippen LogP contribution in [0.25, 0.3) is 0 Å². The zero-order chi connectivity index (χ0) is 15.4. The Bertz CT molecular complexity index is 608. The highest BCUT2D eigenvalue weighted by molar-refractivity contribution is 6.32. The second-order valence-corrected chi connectivity index (χ2v) is 5.73. The molecular formula is C16H22ClN3O. The summed E-state index contributed by atoms with van der Waals surface area (Å²) in [6.45, 7) is 7.30. The maximum Gasteiger partial charge on any atom is 0.138 e. The summed E-state index contributed by atoms with van der Waals surface area (Å²) in [6.07, 6.45) is 0.807. The molecule has 4 nitrogen and oxygen atoms in total. The van der Waals surface area contributed by atoms with Gasteiger partial charge >= 0.3 is 0 Å². The number of hydrogen-bond donors (Lipinski definition) is 1. The van der Waals surface area contributed by atoms with Crippen molar-refractivity contribution in [3.8, 4) is 5.75 Å². The number of nitrogens with zero attached hydrogens (tertiary/aromatic N) is 2. The van der Waals surface area contributed by atoms with E-state index in [1.165, 1.54) is 0 Å². The Morgan fingerprint density at radius 1 is 1.38 bits per heavy atom. The van der Waals surface area contributed by atoms with Crippen molar-refractivity contribution in [2.24, 2.45) is 5.73 Å². The molecule has 5 heteroatoms. The molecule has 2 N–H and O–H groups in total. The molecule has 1 unspecified atom stereocenters. The summed E-state index contributed by atoms with van der Waals surface area (Å²) >= 11 is 6.27. The molecule has 0 spiro atoms. The van der Waals surface area contributed by atoms with Crippen molar-refractivity contribution in [2.75, 3.05) is 0 Å². The number of benzene rings is 1. The Labute approximate surface area is 130 Å². The van der Waals surface area contributed by atoms with Crippen LogP contribution in [0.15, 0.2) is 24.3 Å². The summed E-state index contributed by atoms with van der Waals surface area (Å²) in [5, 5.41) is 5.02. The molecule has 0 aliphatic heterocycles. The molecule has 0 bridgehead atoms. The topological polar surface area (TPSA) is 53.1 Å². The summed E-state index contributed by atoms with van der Waals surface area (Å²) in [5.41, 5.74) is 8.96. The van der Waals surface area contributed by atoms with Crippen LogP contribution in [0.1, 0.15) is 30.8 Å². The number of aryl methyl sites for hydroxylation is 2. The highest BCUT2D eigenvalue weighted by Crippen LogP contribution is 2.26. The Kier molecular flexibility index (Phi) is 5.26. The molecular weight excluding hydrogens is 286 g/mol. The number of ether oxygens (including phenoxy) is 1. The van der Waals surface area contributed by atoms with Crippen LogP contribution in [0.2, 0.25) is 5.02 Å². The Hall–Kier alpha value is -1.52. The van der Waals surface area contributed by atoms with Gasteiger partial charge in [0.1, 0.15) is 12.4 Å². The summed E-state index contributed by atoms with van der Waals surface area (Å²) in [4.78, 5) is 0. The van der Waals surface area contributed by atoms with Crippen LogP contribution in [0.3, 0.4) is 0 Å². The smallest absolute Gasteiger partial charge is 0.138 e. The first-order chi connectivity index (χ1) is 9.99. The van der Waals surface area contributed by atoms with E-state index in [0.717, 1.165) is 29.9 Å². The van der Waals surface area contributed by atoms with Crippen LogP contribution >= 0.6 is 11.6 Å². The van der Waals surface area contributed by atoms with Crippen molar-refractivity contribution in [1.29, 1.82) is 0 Å². The van der Waals surface area contributed by atoms with Crippen LogP contribution in [0, 0.1) is 6.92 Å². The van der Waals surface area contributed by atoms with E-state index in [-0.39, 0.29) is 6.04 Å². The van der Waals surface area contributed by atoms with Gasteiger partial charge < -0.3 is 10.5 Å². The molecule has 0 radical (unpaired) electrons. The lowest BCUT2D eigenvalue weighted by molar-refractivity contribution is 0.292. The largest absolute Gasteiger partial charge is 0.486 e. The van der Waals surface area contributed by atoms with Gasteiger partial charge in [-0.05, 0) is 51.0 Å². The molecule has 0 saturated carbocycles. The van der Waals surface area contributed by atoms with E-state index in [4.69, 9.17) is 22.1 Å². The van der Waals surface area contributed by atoms with Crippen molar-refractivity contribution in [3.05, 3.63) is 46.2 Å². The van der Waals surface area contributed by atoms with Crippen molar-refractivity contribution in [3.63, 3.8) is 0 Å². The molecule has 21 heavy (non-hydrogen) atoms. The van der Waals surface area contributed by atoms with E-state index >= 15 is 0 Å². The average molecular weight is 308 g/mol. The normalized spacial score (nSPS) is 12.4. The predicted octanol–water partition coefficient (Wildman–Crippen LogP) is 3.33. The van der Waals surface area contributed by atoms with Crippen LogP contribution in [-0.2, 0) is 19.6 Å².